The normalized spacial score (nSPS) is 14.9. The van der Waals surface area contributed by atoms with Crippen LogP contribution in [0, 0.1) is 5.82 Å². The third kappa shape index (κ3) is 5.15. The summed E-state index contributed by atoms with van der Waals surface area (Å²) in [5.74, 6) is -2.38. The van der Waals surface area contributed by atoms with E-state index in [1.807, 2.05) is 0 Å². The number of carbonyl (C=O) groups excluding carboxylic acids is 1. The summed E-state index contributed by atoms with van der Waals surface area (Å²) in [5, 5.41) is 24.4. The Kier molecular flexibility index (Phi) is 6.95. The van der Waals surface area contributed by atoms with Crippen molar-refractivity contribution in [3.63, 3.8) is 0 Å². The molecule has 1 atom stereocenters. The van der Waals surface area contributed by atoms with Crippen LogP contribution in [-0.4, -0.2) is 42.7 Å². The molecular formula is C28H27FN4O5. The maximum atomic E-state index is 14.1. The molecule has 1 aliphatic rings. The molecule has 0 spiro atoms. The van der Waals surface area contributed by atoms with Crippen LogP contribution in [0.15, 0.2) is 59.4 Å². The van der Waals surface area contributed by atoms with E-state index in [1.54, 1.807) is 24.3 Å². The Bertz CT molecular complexity index is 1550. The molecule has 4 aromatic rings. The Morgan fingerprint density at radius 3 is 2.53 bits per heavy atom. The average molecular weight is 519 g/mol. The number of amides is 1. The van der Waals surface area contributed by atoms with Gasteiger partial charge in [-0.25, -0.2) is 18.7 Å². The molecule has 1 amide bonds. The maximum absolute atomic E-state index is 14.1. The number of fused-ring (bicyclic) bond motifs is 1. The number of phenols is 1. The minimum Gasteiger partial charge on any atom is -0.508 e. The van der Waals surface area contributed by atoms with Crippen molar-refractivity contribution in [3.05, 3.63) is 87.6 Å². The zero-order chi connectivity index (χ0) is 26.8. The van der Waals surface area contributed by atoms with Crippen molar-refractivity contribution in [3.8, 4) is 17.0 Å². The first kappa shape index (κ1) is 25.2. The summed E-state index contributed by atoms with van der Waals surface area (Å²) < 4.78 is 15.3. The topological polar surface area (TPSA) is 137 Å². The molecule has 0 bridgehead atoms. The van der Waals surface area contributed by atoms with Gasteiger partial charge < -0.3 is 15.5 Å². The number of carboxylic acid groups (broad SMARTS) is 1. The van der Waals surface area contributed by atoms with Crippen LogP contribution < -0.4 is 10.9 Å². The smallest absolute Gasteiger partial charge is 0.326 e. The molecule has 2 heterocycles. The monoisotopic (exact) mass is 518 g/mol. The molecule has 2 aromatic heterocycles. The summed E-state index contributed by atoms with van der Waals surface area (Å²) in [6.45, 7) is 0. The molecule has 196 valence electrons. The summed E-state index contributed by atoms with van der Waals surface area (Å²) in [6.07, 6.45) is 4.67. The van der Waals surface area contributed by atoms with E-state index < -0.39 is 23.7 Å². The first-order chi connectivity index (χ1) is 18.3. The van der Waals surface area contributed by atoms with Crippen LogP contribution >= 0.6 is 0 Å². The molecule has 4 N–H and O–H groups in total. The van der Waals surface area contributed by atoms with E-state index in [0.29, 0.717) is 22.4 Å². The third-order valence-corrected chi connectivity index (χ3v) is 6.99. The molecule has 0 unspecified atom stereocenters. The van der Waals surface area contributed by atoms with E-state index in [2.05, 4.69) is 15.4 Å². The van der Waals surface area contributed by atoms with Gasteiger partial charge in [0, 0.05) is 23.6 Å². The average Bonchev–Trinajstić information content (AvgIpc) is 3.35. The van der Waals surface area contributed by atoms with E-state index in [0.717, 1.165) is 32.1 Å². The van der Waals surface area contributed by atoms with Gasteiger partial charge in [-0.2, -0.15) is 0 Å². The Labute approximate surface area is 217 Å². The van der Waals surface area contributed by atoms with Crippen molar-refractivity contribution in [1.82, 2.24) is 19.9 Å². The number of aliphatic carboxylic acids is 1. The first-order valence-electron chi connectivity index (χ1n) is 12.5. The van der Waals surface area contributed by atoms with Crippen molar-refractivity contribution in [2.24, 2.45) is 0 Å². The fourth-order valence-corrected chi connectivity index (χ4v) is 5.07. The summed E-state index contributed by atoms with van der Waals surface area (Å²) >= 11 is 0. The molecule has 0 aliphatic heterocycles. The predicted octanol–water partition coefficient (Wildman–Crippen LogP) is 4.01. The fraction of sp³-hybridized carbons (Fsp3) is 0.286. The van der Waals surface area contributed by atoms with E-state index in [4.69, 9.17) is 0 Å². The number of hydrogen-bond acceptors (Lipinski definition) is 5. The Morgan fingerprint density at radius 1 is 1.11 bits per heavy atom. The van der Waals surface area contributed by atoms with Crippen molar-refractivity contribution < 1.29 is 24.2 Å². The lowest BCUT2D eigenvalue weighted by molar-refractivity contribution is -0.139. The number of carbonyl (C=O) groups is 2. The van der Waals surface area contributed by atoms with Gasteiger partial charge in [0.2, 0.25) is 0 Å². The number of nitrogens with one attached hydrogen (secondary N) is 2. The number of aromatic amines is 1. The van der Waals surface area contributed by atoms with Crippen LogP contribution in [0.25, 0.3) is 16.9 Å². The molecule has 10 heteroatoms. The van der Waals surface area contributed by atoms with Gasteiger partial charge >= 0.3 is 5.97 Å². The Hall–Kier alpha value is -4.47. The van der Waals surface area contributed by atoms with E-state index in [1.165, 1.54) is 34.8 Å². The van der Waals surface area contributed by atoms with Crippen LogP contribution in [-0.2, 0) is 11.2 Å². The predicted molar refractivity (Wildman–Crippen MR) is 138 cm³/mol. The number of carboxylic acids is 1. The number of halogens is 1. The lowest BCUT2D eigenvalue weighted by atomic mass is 9.83. The minimum atomic E-state index is -1.25. The maximum Gasteiger partial charge on any atom is 0.326 e. The second-order valence-corrected chi connectivity index (χ2v) is 9.62. The first-order valence-corrected chi connectivity index (χ1v) is 12.5. The molecule has 38 heavy (non-hydrogen) atoms. The summed E-state index contributed by atoms with van der Waals surface area (Å²) in [6, 6.07) is 12.1. The Morgan fingerprint density at radius 2 is 1.84 bits per heavy atom. The summed E-state index contributed by atoms with van der Waals surface area (Å²) in [7, 11) is 0. The largest absolute Gasteiger partial charge is 0.508 e. The van der Waals surface area contributed by atoms with Gasteiger partial charge in [-0.15, -0.1) is 0 Å². The standard InChI is InChI=1S/C28H27FN4O5/c29-19-8-4-7-18(14-19)25-24(17-5-2-1-3-6-17)27(36)33-23(31-25)15-21(32-33)26(35)30-22(28(37)38)13-16-9-11-20(34)12-10-16/h4,7-12,14-15,17,22,32,34H,1-3,5-6,13H2,(H,30,35)(H,37,38)/t22-/m0/s1. The number of nitrogens with zero attached hydrogens (tertiary/aromatic N) is 2. The minimum absolute atomic E-state index is 0.00464. The highest BCUT2D eigenvalue weighted by molar-refractivity contribution is 5.96. The molecule has 0 radical (unpaired) electrons. The van der Waals surface area contributed by atoms with E-state index >= 15 is 0 Å². The van der Waals surface area contributed by atoms with Gasteiger partial charge in [-0.3, -0.25) is 14.7 Å². The van der Waals surface area contributed by atoms with Crippen molar-refractivity contribution in [2.45, 2.75) is 50.5 Å². The number of aromatic hydroxyl groups is 1. The molecular weight excluding hydrogens is 491 g/mol. The number of hydrogen-bond donors (Lipinski definition) is 4. The van der Waals surface area contributed by atoms with Crippen LogP contribution in [0.1, 0.15) is 59.6 Å². The van der Waals surface area contributed by atoms with Crippen molar-refractivity contribution >= 4 is 17.5 Å². The van der Waals surface area contributed by atoms with Crippen LogP contribution in [0.3, 0.4) is 0 Å². The molecule has 1 saturated carbocycles. The van der Waals surface area contributed by atoms with Crippen LogP contribution in [0.5, 0.6) is 5.75 Å². The van der Waals surface area contributed by atoms with Gasteiger partial charge in [-0.05, 0) is 48.6 Å². The number of phenolic OH excluding ortho intramolecular Hbond substituents is 1. The molecule has 1 aliphatic carbocycles. The number of rotatable bonds is 7. The molecule has 1 fully saturated rings. The van der Waals surface area contributed by atoms with Gasteiger partial charge in [-0.1, -0.05) is 43.5 Å². The van der Waals surface area contributed by atoms with Gasteiger partial charge in [0.05, 0.1) is 5.69 Å². The van der Waals surface area contributed by atoms with Gasteiger partial charge in [0.25, 0.3) is 11.5 Å². The van der Waals surface area contributed by atoms with Gasteiger partial charge in [0.1, 0.15) is 23.3 Å². The number of aromatic nitrogens is 3. The summed E-state index contributed by atoms with van der Waals surface area (Å²) in [5.41, 5.74) is 1.75. The molecule has 0 saturated heterocycles. The van der Waals surface area contributed by atoms with Crippen molar-refractivity contribution in [1.29, 1.82) is 0 Å². The SMILES string of the molecule is O=C(N[C@@H](Cc1ccc(O)cc1)C(=O)O)c1cc2nc(-c3cccc(F)c3)c(C3CCCCC3)c(=O)n2[nH]1. The highest BCUT2D eigenvalue weighted by atomic mass is 19.1. The van der Waals surface area contributed by atoms with Crippen LogP contribution in [0.4, 0.5) is 4.39 Å². The lowest BCUT2D eigenvalue weighted by Gasteiger charge is -2.23. The fourth-order valence-electron chi connectivity index (χ4n) is 5.07. The quantitative estimate of drug-likeness (QED) is 0.292. The van der Waals surface area contributed by atoms with Crippen molar-refractivity contribution in [2.75, 3.05) is 0 Å². The molecule has 5 rings (SSSR count). The van der Waals surface area contributed by atoms with Gasteiger partial charge in [0.15, 0.2) is 5.65 Å². The highest BCUT2D eigenvalue weighted by Crippen LogP contribution is 2.35. The zero-order valence-corrected chi connectivity index (χ0v) is 20.5. The second kappa shape index (κ2) is 10.5. The number of H-pyrrole nitrogens is 1. The lowest BCUT2D eigenvalue weighted by Crippen LogP contribution is -2.42. The third-order valence-electron chi connectivity index (χ3n) is 6.99. The Balaban J connectivity index is 1.51. The second-order valence-electron chi connectivity index (χ2n) is 9.62. The molecule has 2 aromatic carbocycles. The van der Waals surface area contributed by atoms with E-state index in [9.17, 15) is 29.0 Å². The number of benzene rings is 2. The summed E-state index contributed by atoms with van der Waals surface area (Å²) in [4.78, 5) is 43.2. The van der Waals surface area contributed by atoms with Crippen LogP contribution in [0.2, 0.25) is 0 Å². The highest BCUT2D eigenvalue weighted by Gasteiger charge is 2.27. The molecule has 9 nitrogen and oxygen atoms in total. The zero-order valence-electron chi connectivity index (χ0n) is 20.5. The van der Waals surface area contributed by atoms with E-state index in [-0.39, 0.29) is 35.0 Å².